The molecule has 21 heavy (non-hydrogen) atoms. The van der Waals surface area contributed by atoms with Crippen LogP contribution in [0.15, 0.2) is 42.5 Å². The lowest BCUT2D eigenvalue weighted by molar-refractivity contribution is 0.593. The quantitative estimate of drug-likeness (QED) is 0.883. The van der Waals surface area contributed by atoms with E-state index in [1.165, 1.54) is 4.31 Å². The average molecular weight is 304 g/mol. The zero-order valence-electron chi connectivity index (χ0n) is 12.5. The van der Waals surface area contributed by atoms with Crippen molar-refractivity contribution in [3.05, 3.63) is 59.2 Å². The fourth-order valence-electron chi connectivity index (χ4n) is 2.28. The van der Waals surface area contributed by atoms with Crippen LogP contribution in [0.4, 0.5) is 11.4 Å². The van der Waals surface area contributed by atoms with E-state index in [1.54, 1.807) is 31.3 Å². The molecular weight excluding hydrogens is 284 g/mol. The summed E-state index contributed by atoms with van der Waals surface area (Å²) in [7, 11) is -1.86. The molecule has 2 N–H and O–H groups in total. The highest BCUT2D eigenvalue weighted by Gasteiger charge is 2.19. The molecule has 5 heteroatoms. The molecule has 0 radical (unpaired) electrons. The minimum absolute atomic E-state index is 0.0679. The van der Waals surface area contributed by atoms with Gasteiger partial charge in [-0.15, -0.1) is 0 Å². The molecular formula is C16H20N2O2S. The summed E-state index contributed by atoms with van der Waals surface area (Å²) in [4.78, 5) is 0. The lowest BCUT2D eigenvalue weighted by Gasteiger charge is -2.20. The molecule has 0 atom stereocenters. The lowest BCUT2D eigenvalue weighted by atomic mass is 10.1. The SMILES string of the molecule is Cc1cc(C)cc(N(C)S(=O)(=O)Cc2cccc(N)c2)c1. The number of aryl methyl sites for hydroxylation is 2. The summed E-state index contributed by atoms with van der Waals surface area (Å²) in [5, 5.41) is 0. The highest BCUT2D eigenvalue weighted by atomic mass is 32.2. The second-order valence-corrected chi connectivity index (χ2v) is 7.31. The number of hydrogen-bond acceptors (Lipinski definition) is 3. The van der Waals surface area contributed by atoms with E-state index in [2.05, 4.69) is 0 Å². The van der Waals surface area contributed by atoms with Crippen LogP contribution in [0.1, 0.15) is 16.7 Å². The highest BCUT2D eigenvalue weighted by molar-refractivity contribution is 7.92. The molecule has 4 nitrogen and oxygen atoms in total. The maximum Gasteiger partial charge on any atom is 0.239 e. The Morgan fingerprint density at radius 3 is 2.24 bits per heavy atom. The number of nitrogen functional groups attached to an aromatic ring is 1. The van der Waals surface area contributed by atoms with Crippen LogP contribution in [0, 0.1) is 13.8 Å². The first kappa shape index (κ1) is 15.4. The van der Waals surface area contributed by atoms with Crippen LogP contribution in [-0.4, -0.2) is 15.5 Å². The minimum atomic E-state index is -3.44. The number of nitrogens with zero attached hydrogens (tertiary/aromatic N) is 1. The standard InChI is InChI=1S/C16H20N2O2S/c1-12-7-13(2)9-16(8-12)18(3)21(19,20)11-14-5-4-6-15(17)10-14/h4-10H,11,17H2,1-3H3. The summed E-state index contributed by atoms with van der Waals surface area (Å²) in [6.45, 7) is 3.91. The predicted octanol–water partition coefficient (Wildman–Crippen LogP) is 2.85. The summed E-state index contributed by atoms with van der Waals surface area (Å²) in [5.41, 5.74) is 9.70. The number of rotatable bonds is 4. The van der Waals surface area contributed by atoms with Crippen LogP contribution in [0.5, 0.6) is 0 Å². The summed E-state index contributed by atoms with van der Waals surface area (Å²) in [5.74, 6) is -0.0679. The van der Waals surface area contributed by atoms with Crippen LogP contribution in [-0.2, 0) is 15.8 Å². The van der Waals surface area contributed by atoms with Crippen molar-refractivity contribution < 1.29 is 8.42 Å². The van der Waals surface area contributed by atoms with E-state index >= 15 is 0 Å². The Morgan fingerprint density at radius 2 is 1.67 bits per heavy atom. The van der Waals surface area contributed by atoms with Crippen molar-refractivity contribution in [2.24, 2.45) is 0 Å². The van der Waals surface area contributed by atoms with Gasteiger partial charge >= 0.3 is 0 Å². The Morgan fingerprint density at radius 1 is 1.05 bits per heavy atom. The van der Waals surface area contributed by atoms with Gasteiger partial charge in [0.15, 0.2) is 0 Å². The first-order chi connectivity index (χ1) is 9.78. The maximum atomic E-state index is 12.5. The minimum Gasteiger partial charge on any atom is -0.399 e. The molecule has 2 aromatic rings. The molecule has 0 heterocycles. The molecule has 0 saturated heterocycles. The first-order valence-corrected chi connectivity index (χ1v) is 8.28. The van der Waals surface area contributed by atoms with Crippen molar-refractivity contribution in [3.8, 4) is 0 Å². The van der Waals surface area contributed by atoms with Crippen molar-refractivity contribution >= 4 is 21.4 Å². The van der Waals surface area contributed by atoms with Gasteiger partial charge in [0.2, 0.25) is 10.0 Å². The number of sulfonamides is 1. The van der Waals surface area contributed by atoms with Crippen molar-refractivity contribution in [2.45, 2.75) is 19.6 Å². The Hall–Kier alpha value is -2.01. The molecule has 2 rings (SSSR count). The van der Waals surface area contributed by atoms with E-state index in [-0.39, 0.29) is 5.75 Å². The van der Waals surface area contributed by atoms with Gasteiger partial charge in [0.1, 0.15) is 0 Å². The first-order valence-electron chi connectivity index (χ1n) is 6.67. The fraction of sp³-hybridized carbons (Fsp3) is 0.250. The Bertz CT molecular complexity index is 734. The van der Waals surface area contributed by atoms with E-state index in [4.69, 9.17) is 5.73 Å². The number of hydrogen-bond donors (Lipinski definition) is 1. The van der Waals surface area contributed by atoms with Gasteiger partial charge in [0.25, 0.3) is 0 Å². The molecule has 0 aromatic heterocycles. The third kappa shape index (κ3) is 3.76. The molecule has 0 amide bonds. The summed E-state index contributed by atoms with van der Waals surface area (Å²) >= 11 is 0. The van der Waals surface area contributed by atoms with Crippen LogP contribution < -0.4 is 10.0 Å². The van der Waals surface area contributed by atoms with Crippen LogP contribution in [0.2, 0.25) is 0 Å². The van der Waals surface area contributed by atoms with E-state index in [9.17, 15) is 8.42 Å². The largest absolute Gasteiger partial charge is 0.399 e. The van der Waals surface area contributed by atoms with Crippen molar-refractivity contribution in [1.82, 2.24) is 0 Å². The molecule has 0 saturated carbocycles. The van der Waals surface area contributed by atoms with Gasteiger partial charge in [-0.25, -0.2) is 8.42 Å². The molecule has 0 spiro atoms. The van der Waals surface area contributed by atoms with E-state index in [0.717, 1.165) is 11.1 Å². The summed E-state index contributed by atoms with van der Waals surface area (Å²) in [6.07, 6.45) is 0. The van der Waals surface area contributed by atoms with E-state index < -0.39 is 10.0 Å². The third-order valence-electron chi connectivity index (χ3n) is 3.29. The Balaban J connectivity index is 2.30. The van der Waals surface area contributed by atoms with Gasteiger partial charge in [-0.3, -0.25) is 4.31 Å². The zero-order chi connectivity index (χ0) is 15.6. The van der Waals surface area contributed by atoms with Gasteiger partial charge in [-0.05, 0) is 54.8 Å². The smallest absolute Gasteiger partial charge is 0.239 e. The molecule has 0 aliphatic rings. The second-order valence-electron chi connectivity index (χ2n) is 5.31. The van der Waals surface area contributed by atoms with Gasteiger partial charge < -0.3 is 5.73 Å². The molecule has 2 aromatic carbocycles. The van der Waals surface area contributed by atoms with Crippen LogP contribution in [0.25, 0.3) is 0 Å². The summed E-state index contributed by atoms with van der Waals surface area (Å²) in [6, 6.07) is 12.7. The Kier molecular flexibility index (Phi) is 4.23. The van der Waals surface area contributed by atoms with Crippen molar-refractivity contribution in [2.75, 3.05) is 17.1 Å². The predicted molar refractivity (Wildman–Crippen MR) is 87.8 cm³/mol. The third-order valence-corrected chi connectivity index (χ3v) is 5.03. The van der Waals surface area contributed by atoms with Gasteiger partial charge in [0.05, 0.1) is 11.4 Å². The highest BCUT2D eigenvalue weighted by Crippen LogP contribution is 2.22. The Labute approximate surface area is 126 Å². The van der Waals surface area contributed by atoms with Crippen LogP contribution >= 0.6 is 0 Å². The van der Waals surface area contributed by atoms with Crippen LogP contribution in [0.3, 0.4) is 0 Å². The van der Waals surface area contributed by atoms with Crippen molar-refractivity contribution in [1.29, 1.82) is 0 Å². The monoisotopic (exact) mass is 304 g/mol. The molecule has 0 aliphatic carbocycles. The number of anilines is 2. The molecule has 0 bridgehead atoms. The van der Waals surface area contributed by atoms with E-state index in [1.807, 2.05) is 32.0 Å². The molecule has 112 valence electrons. The lowest BCUT2D eigenvalue weighted by Crippen LogP contribution is -2.28. The van der Waals surface area contributed by atoms with Gasteiger partial charge in [-0.2, -0.15) is 0 Å². The molecule has 0 unspecified atom stereocenters. The fourth-order valence-corrected chi connectivity index (χ4v) is 3.50. The van der Waals surface area contributed by atoms with Crippen molar-refractivity contribution in [3.63, 3.8) is 0 Å². The van der Waals surface area contributed by atoms with Gasteiger partial charge in [0, 0.05) is 12.7 Å². The topological polar surface area (TPSA) is 63.4 Å². The normalized spacial score (nSPS) is 11.4. The molecule has 0 aliphatic heterocycles. The van der Waals surface area contributed by atoms with Gasteiger partial charge in [-0.1, -0.05) is 18.2 Å². The second kappa shape index (κ2) is 5.77. The average Bonchev–Trinajstić information content (AvgIpc) is 2.36. The maximum absolute atomic E-state index is 12.5. The number of benzene rings is 2. The number of nitrogens with two attached hydrogens (primary N) is 1. The summed E-state index contributed by atoms with van der Waals surface area (Å²) < 4.78 is 26.4. The zero-order valence-corrected chi connectivity index (χ0v) is 13.3. The molecule has 0 fully saturated rings. The van der Waals surface area contributed by atoms with E-state index in [0.29, 0.717) is 16.9 Å².